The molecular formula is C26H32N2O4. The molecule has 0 radical (unpaired) electrons. The van der Waals surface area contributed by atoms with Crippen molar-refractivity contribution < 1.29 is 19.4 Å². The highest BCUT2D eigenvalue weighted by molar-refractivity contribution is 5.80. The number of hydrogen-bond donors (Lipinski definition) is 1. The van der Waals surface area contributed by atoms with Crippen molar-refractivity contribution in [3.8, 4) is 5.75 Å². The van der Waals surface area contributed by atoms with E-state index in [1.54, 1.807) is 7.11 Å². The zero-order valence-electron chi connectivity index (χ0n) is 18.7. The van der Waals surface area contributed by atoms with Crippen LogP contribution in [0.25, 0.3) is 0 Å². The van der Waals surface area contributed by atoms with Crippen molar-refractivity contribution in [2.24, 2.45) is 5.92 Å². The zero-order valence-corrected chi connectivity index (χ0v) is 18.7. The second kappa shape index (κ2) is 8.85. The summed E-state index contributed by atoms with van der Waals surface area (Å²) < 4.78 is 10.9. The molecule has 1 N–H and O–H groups in total. The Morgan fingerprint density at radius 1 is 1.12 bits per heavy atom. The maximum absolute atomic E-state index is 13.1. The second-order valence-electron chi connectivity index (χ2n) is 9.30. The Labute approximate surface area is 189 Å². The third kappa shape index (κ3) is 3.60. The zero-order chi connectivity index (χ0) is 22.1. The van der Waals surface area contributed by atoms with Gasteiger partial charge in [0.15, 0.2) is 0 Å². The van der Waals surface area contributed by atoms with Gasteiger partial charge in [0, 0.05) is 50.7 Å². The van der Waals surface area contributed by atoms with E-state index in [1.165, 1.54) is 5.56 Å². The summed E-state index contributed by atoms with van der Waals surface area (Å²) in [4.78, 5) is 17.6. The predicted octanol–water partition coefficient (Wildman–Crippen LogP) is 2.66. The number of likely N-dealkylation sites (tertiary alicyclic amines) is 2. The van der Waals surface area contributed by atoms with Gasteiger partial charge < -0.3 is 19.5 Å². The summed E-state index contributed by atoms with van der Waals surface area (Å²) in [6, 6.07) is 18.6. The van der Waals surface area contributed by atoms with Gasteiger partial charge in [0.1, 0.15) is 5.75 Å². The fourth-order valence-corrected chi connectivity index (χ4v) is 5.96. The lowest BCUT2D eigenvalue weighted by molar-refractivity contribution is -0.203. The standard InChI is InChI=1S/C26H32N2O4/c1-31-22-9-5-6-19(14-22)15-28-23(16-29)24(20-7-3-2-4-8-20)26(28)17-27(18-26)25(30)21-10-12-32-13-11-21/h2-9,14,21,23-24,29H,10-13,15-18H2,1H3/t23-,24-/m0/s1. The molecular weight excluding hydrogens is 404 g/mol. The van der Waals surface area contributed by atoms with Crippen molar-refractivity contribution >= 4 is 5.91 Å². The van der Waals surface area contributed by atoms with Gasteiger partial charge in [-0.1, -0.05) is 42.5 Å². The van der Waals surface area contributed by atoms with Crippen LogP contribution in [-0.4, -0.2) is 72.4 Å². The molecule has 1 spiro atoms. The fraction of sp³-hybridized carbons (Fsp3) is 0.500. The highest BCUT2D eigenvalue weighted by atomic mass is 16.5. The van der Waals surface area contributed by atoms with Gasteiger partial charge in [-0.15, -0.1) is 0 Å². The molecule has 0 aliphatic carbocycles. The van der Waals surface area contributed by atoms with Crippen LogP contribution in [0.1, 0.15) is 29.9 Å². The van der Waals surface area contributed by atoms with Crippen LogP contribution in [-0.2, 0) is 16.1 Å². The summed E-state index contributed by atoms with van der Waals surface area (Å²) >= 11 is 0. The van der Waals surface area contributed by atoms with E-state index in [0.29, 0.717) is 26.3 Å². The number of rotatable bonds is 6. The number of benzene rings is 2. The summed E-state index contributed by atoms with van der Waals surface area (Å²) in [7, 11) is 1.68. The van der Waals surface area contributed by atoms with Crippen molar-refractivity contribution in [1.29, 1.82) is 0 Å². The van der Waals surface area contributed by atoms with Crippen LogP contribution in [0, 0.1) is 5.92 Å². The molecule has 6 heteroatoms. The molecule has 32 heavy (non-hydrogen) atoms. The van der Waals surface area contributed by atoms with E-state index >= 15 is 0 Å². The molecule has 3 aliphatic rings. The summed E-state index contributed by atoms with van der Waals surface area (Å²) in [5.74, 6) is 1.39. The van der Waals surface area contributed by atoms with Crippen LogP contribution in [0.3, 0.4) is 0 Å². The van der Waals surface area contributed by atoms with Crippen molar-refractivity contribution in [3.63, 3.8) is 0 Å². The van der Waals surface area contributed by atoms with Gasteiger partial charge >= 0.3 is 0 Å². The smallest absolute Gasteiger partial charge is 0.225 e. The van der Waals surface area contributed by atoms with Gasteiger partial charge in [0.25, 0.3) is 0 Å². The Hall–Kier alpha value is -2.41. The Kier molecular flexibility index (Phi) is 5.93. The van der Waals surface area contributed by atoms with Crippen LogP contribution in [0.5, 0.6) is 5.75 Å². The number of hydrogen-bond acceptors (Lipinski definition) is 5. The number of carbonyl (C=O) groups excluding carboxylic acids is 1. The number of nitrogens with zero attached hydrogens (tertiary/aromatic N) is 2. The van der Waals surface area contributed by atoms with Crippen LogP contribution in [0.2, 0.25) is 0 Å². The Balaban J connectivity index is 1.40. The Morgan fingerprint density at radius 3 is 2.56 bits per heavy atom. The fourth-order valence-electron chi connectivity index (χ4n) is 5.96. The molecule has 170 valence electrons. The van der Waals surface area contributed by atoms with Crippen LogP contribution >= 0.6 is 0 Å². The third-order valence-corrected chi connectivity index (χ3v) is 7.58. The van der Waals surface area contributed by atoms with Gasteiger partial charge in [-0.3, -0.25) is 9.69 Å². The molecule has 3 fully saturated rings. The van der Waals surface area contributed by atoms with Crippen molar-refractivity contribution in [2.45, 2.75) is 36.9 Å². The van der Waals surface area contributed by atoms with Gasteiger partial charge in [-0.05, 0) is 36.1 Å². The molecule has 6 nitrogen and oxygen atoms in total. The van der Waals surface area contributed by atoms with Crippen molar-refractivity contribution in [1.82, 2.24) is 9.80 Å². The lowest BCUT2D eigenvalue weighted by atomic mass is 9.60. The van der Waals surface area contributed by atoms with E-state index < -0.39 is 0 Å². The summed E-state index contributed by atoms with van der Waals surface area (Å²) in [6.45, 7) is 3.60. The third-order valence-electron chi connectivity index (χ3n) is 7.58. The van der Waals surface area contributed by atoms with E-state index in [4.69, 9.17) is 9.47 Å². The molecule has 3 heterocycles. The van der Waals surface area contributed by atoms with E-state index in [1.807, 2.05) is 23.1 Å². The number of amides is 1. The molecule has 3 saturated heterocycles. The van der Waals surface area contributed by atoms with Gasteiger partial charge in [0.2, 0.25) is 5.91 Å². The van der Waals surface area contributed by atoms with Crippen molar-refractivity contribution in [2.75, 3.05) is 40.0 Å². The van der Waals surface area contributed by atoms with Crippen LogP contribution < -0.4 is 4.74 Å². The Morgan fingerprint density at radius 2 is 1.88 bits per heavy atom. The van der Waals surface area contributed by atoms with Gasteiger partial charge in [-0.2, -0.15) is 0 Å². The van der Waals surface area contributed by atoms with Gasteiger partial charge in [-0.25, -0.2) is 0 Å². The minimum atomic E-state index is -0.140. The SMILES string of the molecule is COc1cccc(CN2[C@@H](CO)[C@H](c3ccccc3)C23CN(C(=O)C2CCOCC2)C3)c1. The minimum absolute atomic E-state index is 0.0314. The number of methoxy groups -OCH3 is 1. The molecule has 2 atom stereocenters. The molecule has 0 bridgehead atoms. The largest absolute Gasteiger partial charge is 0.497 e. The number of carbonyl (C=O) groups is 1. The first-order valence-electron chi connectivity index (χ1n) is 11.6. The van der Waals surface area contributed by atoms with Gasteiger partial charge in [0.05, 0.1) is 19.3 Å². The molecule has 0 saturated carbocycles. The quantitative estimate of drug-likeness (QED) is 0.755. The number of ether oxygens (including phenoxy) is 2. The summed E-state index contributed by atoms with van der Waals surface area (Å²) in [5, 5.41) is 10.3. The normalized spacial score (nSPS) is 25.2. The first-order chi connectivity index (χ1) is 15.7. The van der Waals surface area contributed by atoms with E-state index in [2.05, 4.69) is 41.3 Å². The number of aliphatic hydroxyl groups is 1. The maximum Gasteiger partial charge on any atom is 0.225 e. The van der Waals surface area contributed by atoms with E-state index in [0.717, 1.165) is 30.7 Å². The summed E-state index contributed by atoms with van der Waals surface area (Å²) in [5.41, 5.74) is 2.26. The van der Waals surface area contributed by atoms with Crippen LogP contribution in [0.4, 0.5) is 0 Å². The molecule has 5 rings (SSSR count). The maximum atomic E-state index is 13.1. The summed E-state index contributed by atoms with van der Waals surface area (Å²) in [6.07, 6.45) is 1.63. The number of aliphatic hydroxyl groups excluding tert-OH is 1. The van der Waals surface area contributed by atoms with E-state index in [9.17, 15) is 9.90 Å². The van der Waals surface area contributed by atoms with Crippen LogP contribution in [0.15, 0.2) is 54.6 Å². The molecule has 1 amide bonds. The lowest BCUT2D eigenvalue weighted by Crippen LogP contribution is -2.84. The molecule has 3 aliphatic heterocycles. The average molecular weight is 437 g/mol. The predicted molar refractivity (Wildman–Crippen MR) is 121 cm³/mol. The first-order valence-corrected chi connectivity index (χ1v) is 11.6. The van der Waals surface area contributed by atoms with Crippen molar-refractivity contribution in [3.05, 3.63) is 65.7 Å². The lowest BCUT2D eigenvalue weighted by Gasteiger charge is -2.71. The highest BCUT2D eigenvalue weighted by Gasteiger charge is 2.66. The molecule has 2 aromatic carbocycles. The highest BCUT2D eigenvalue weighted by Crippen LogP contribution is 2.54. The molecule has 0 unspecified atom stereocenters. The first kappa shape index (κ1) is 21.4. The molecule has 0 aromatic heterocycles. The molecule has 2 aromatic rings. The second-order valence-corrected chi connectivity index (χ2v) is 9.30. The monoisotopic (exact) mass is 436 g/mol. The Bertz CT molecular complexity index is 938. The topological polar surface area (TPSA) is 62.2 Å². The minimum Gasteiger partial charge on any atom is -0.497 e. The average Bonchev–Trinajstić information content (AvgIpc) is 2.82. The van der Waals surface area contributed by atoms with E-state index in [-0.39, 0.29) is 35.9 Å².